The summed E-state index contributed by atoms with van der Waals surface area (Å²) in [6.45, 7) is 0. The first-order chi connectivity index (χ1) is 8.19. The third-order valence-corrected chi connectivity index (χ3v) is 2.50. The van der Waals surface area contributed by atoms with Crippen LogP contribution in [0.2, 0.25) is 0 Å². The van der Waals surface area contributed by atoms with E-state index in [4.69, 9.17) is 5.26 Å². The maximum absolute atomic E-state index is 11.6. The van der Waals surface area contributed by atoms with Gasteiger partial charge in [0.25, 0.3) is 11.8 Å². The summed E-state index contributed by atoms with van der Waals surface area (Å²) in [6, 6.07) is 8.63. The summed E-state index contributed by atoms with van der Waals surface area (Å²) in [4.78, 5) is 23.1. The summed E-state index contributed by atoms with van der Waals surface area (Å²) in [5, 5.41) is 13.9. The van der Waals surface area contributed by atoms with Crippen LogP contribution in [0.3, 0.4) is 0 Å². The lowest BCUT2D eigenvalue weighted by Gasteiger charge is -2.03. The molecule has 2 N–H and O–H groups in total. The molecule has 5 heteroatoms. The molecule has 17 heavy (non-hydrogen) atoms. The number of nitriles is 1. The van der Waals surface area contributed by atoms with Gasteiger partial charge in [-0.3, -0.25) is 9.59 Å². The fourth-order valence-corrected chi connectivity index (χ4v) is 1.69. The fraction of sp³-hybridized carbons (Fsp3) is 0.0833. The second-order valence-corrected chi connectivity index (χ2v) is 3.44. The Balaban J connectivity index is 2.64. The third-order valence-electron chi connectivity index (χ3n) is 2.50. The monoisotopic (exact) mass is 227 g/mol. The molecule has 0 bridgehead atoms. The predicted octanol–water partition coefficient (Wildman–Crippen LogP) is 0.411. The average Bonchev–Trinajstić information content (AvgIpc) is 2.68. The van der Waals surface area contributed by atoms with E-state index in [1.54, 1.807) is 24.3 Å². The quantitative estimate of drug-likeness (QED) is 0.538. The molecule has 1 heterocycles. The minimum Gasteiger partial charge on any atom is -0.354 e. The first-order valence-electron chi connectivity index (χ1n) is 4.96. The molecule has 0 unspecified atom stereocenters. The molecule has 84 valence electrons. The number of carbonyl (C=O) groups is 2. The Labute approximate surface area is 97.7 Å². The van der Waals surface area contributed by atoms with Gasteiger partial charge >= 0.3 is 0 Å². The highest BCUT2D eigenvalue weighted by Crippen LogP contribution is 2.26. The van der Waals surface area contributed by atoms with Crippen LogP contribution in [0.5, 0.6) is 0 Å². The molecule has 0 spiro atoms. The Hall–Kier alpha value is -2.61. The first-order valence-corrected chi connectivity index (χ1v) is 4.96. The van der Waals surface area contributed by atoms with Crippen LogP contribution in [0.15, 0.2) is 29.8 Å². The molecule has 2 amide bonds. The van der Waals surface area contributed by atoms with E-state index < -0.39 is 5.91 Å². The van der Waals surface area contributed by atoms with Gasteiger partial charge in [0, 0.05) is 18.2 Å². The van der Waals surface area contributed by atoms with Gasteiger partial charge in [-0.1, -0.05) is 18.2 Å². The molecule has 1 aliphatic heterocycles. The lowest BCUT2D eigenvalue weighted by molar-refractivity contribution is -0.116. The van der Waals surface area contributed by atoms with E-state index >= 15 is 0 Å². The fourth-order valence-electron chi connectivity index (χ4n) is 1.69. The Morgan fingerprint density at radius 1 is 1.35 bits per heavy atom. The molecular formula is C12H9N3O2. The Morgan fingerprint density at radius 3 is 2.59 bits per heavy atom. The van der Waals surface area contributed by atoms with Crippen molar-refractivity contribution in [1.82, 2.24) is 10.6 Å². The maximum Gasteiger partial charge on any atom is 0.263 e. The van der Waals surface area contributed by atoms with E-state index in [9.17, 15) is 9.59 Å². The number of amides is 2. The summed E-state index contributed by atoms with van der Waals surface area (Å²) in [5.74, 6) is -0.813. The van der Waals surface area contributed by atoms with Gasteiger partial charge in [-0.15, -0.1) is 0 Å². The van der Waals surface area contributed by atoms with Gasteiger partial charge in [-0.2, -0.15) is 5.26 Å². The van der Waals surface area contributed by atoms with Crippen molar-refractivity contribution in [2.45, 2.75) is 0 Å². The summed E-state index contributed by atoms with van der Waals surface area (Å²) in [7, 11) is 1.43. The molecule has 1 aromatic carbocycles. The standard InChI is InChI=1S/C12H9N3O2/c1-14-11(16)9(6-13)10-7-4-2-3-5-8(7)12(17)15-10/h2-5H,1H3,(H,14,16)(H,15,17)/b10-9-. The lowest BCUT2D eigenvalue weighted by Crippen LogP contribution is -2.23. The number of hydrogen-bond acceptors (Lipinski definition) is 3. The molecule has 0 aromatic heterocycles. The van der Waals surface area contributed by atoms with Crippen molar-refractivity contribution in [2.24, 2.45) is 0 Å². The molecule has 0 saturated heterocycles. The zero-order chi connectivity index (χ0) is 12.4. The van der Waals surface area contributed by atoms with Gasteiger partial charge < -0.3 is 10.6 Å². The highest BCUT2D eigenvalue weighted by atomic mass is 16.2. The molecule has 0 aliphatic carbocycles. The normalized spacial score (nSPS) is 15.6. The van der Waals surface area contributed by atoms with Crippen molar-refractivity contribution in [1.29, 1.82) is 5.26 Å². The molecule has 0 atom stereocenters. The number of fused-ring (bicyclic) bond motifs is 1. The van der Waals surface area contributed by atoms with Crippen molar-refractivity contribution in [3.8, 4) is 6.07 Å². The second kappa shape index (κ2) is 4.10. The summed E-state index contributed by atoms with van der Waals surface area (Å²) >= 11 is 0. The van der Waals surface area contributed by atoms with Gasteiger partial charge in [-0.25, -0.2) is 0 Å². The highest BCUT2D eigenvalue weighted by Gasteiger charge is 2.27. The predicted molar refractivity (Wildman–Crippen MR) is 60.5 cm³/mol. The Bertz CT molecular complexity index is 582. The van der Waals surface area contributed by atoms with Crippen LogP contribution in [-0.4, -0.2) is 18.9 Å². The molecule has 2 rings (SSSR count). The zero-order valence-corrected chi connectivity index (χ0v) is 9.07. The van der Waals surface area contributed by atoms with Crippen LogP contribution in [0, 0.1) is 11.3 Å². The molecule has 0 saturated carbocycles. The zero-order valence-electron chi connectivity index (χ0n) is 9.07. The van der Waals surface area contributed by atoms with Crippen LogP contribution in [0.25, 0.3) is 5.70 Å². The maximum atomic E-state index is 11.6. The Morgan fingerprint density at radius 2 is 2.00 bits per heavy atom. The van der Waals surface area contributed by atoms with E-state index in [1.165, 1.54) is 7.05 Å². The molecule has 0 fully saturated rings. The van der Waals surface area contributed by atoms with E-state index in [1.807, 2.05) is 6.07 Å². The number of likely N-dealkylation sites (N-methyl/N-ethyl adjacent to an activating group) is 1. The number of nitrogens with one attached hydrogen (secondary N) is 2. The van der Waals surface area contributed by atoms with Crippen LogP contribution >= 0.6 is 0 Å². The van der Waals surface area contributed by atoms with Crippen molar-refractivity contribution in [3.05, 3.63) is 41.0 Å². The van der Waals surface area contributed by atoms with E-state index in [-0.39, 0.29) is 17.2 Å². The first kappa shape index (κ1) is 10.9. The van der Waals surface area contributed by atoms with Gasteiger partial charge in [0.15, 0.2) is 0 Å². The minimum absolute atomic E-state index is 0.0919. The van der Waals surface area contributed by atoms with Gasteiger partial charge in [-0.05, 0) is 6.07 Å². The van der Waals surface area contributed by atoms with Gasteiger partial charge in [0.2, 0.25) is 0 Å². The smallest absolute Gasteiger partial charge is 0.263 e. The van der Waals surface area contributed by atoms with E-state index in [0.29, 0.717) is 11.1 Å². The number of benzene rings is 1. The van der Waals surface area contributed by atoms with Crippen LogP contribution in [0.4, 0.5) is 0 Å². The van der Waals surface area contributed by atoms with Crippen molar-refractivity contribution in [3.63, 3.8) is 0 Å². The third kappa shape index (κ3) is 1.66. The summed E-state index contributed by atoms with van der Waals surface area (Å²) in [6.07, 6.45) is 0. The van der Waals surface area contributed by atoms with Gasteiger partial charge in [0.1, 0.15) is 11.6 Å². The summed E-state index contributed by atoms with van der Waals surface area (Å²) in [5.41, 5.74) is 1.23. The lowest BCUT2D eigenvalue weighted by atomic mass is 10.0. The molecule has 5 nitrogen and oxygen atoms in total. The average molecular weight is 227 g/mol. The van der Waals surface area contributed by atoms with Crippen LogP contribution in [0.1, 0.15) is 15.9 Å². The van der Waals surface area contributed by atoms with Crippen LogP contribution in [-0.2, 0) is 4.79 Å². The SMILES string of the molecule is CNC(=O)/C(C#N)=C1\NC(=O)c2ccccc21. The van der Waals surface area contributed by atoms with Gasteiger partial charge in [0.05, 0.1) is 5.70 Å². The van der Waals surface area contributed by atoms with Crippen molar-refractivity contribution in [2.75, 3.05) is 7.05 Å². The molecule has 0 radical (unpaired) electrons. The number of hydrogen-bond donors (Lipinski definition) is 2. The van der Waals surface area contributed by atoms with Crippen LogP contribution < -0.4 is 10.6 Å². The number of rotatable bonds is 1. The number of carbonyl (C=O) groups excluding carboxylic acids is 2. The van der Waals surface area contributed by atoms with E-state index in [2.05, 4.69) is 10.6 Å². The summed E-state index contributed by atoms with van der Waals surface area (Å²) < 4.78 is 0. The number of nitrogens with zero attached hydrogens (tertiary/aromatic N) is 1. The highest BCUT2D eigenvalue weighted by molar-refractivity contribution is 6.15. The molecule has 1 aliphatic rings. The topological polar surface area (TPSA) is 82.0 Å². The second-order valence-electron chi connectivity index (χ2n) is 3.44. The Kier molecular flexibility index (Phi) is 2.63. The van der Waals surface area contributed by atoms with E-state index in [0.717, 1.165) is 0 Å². The largest absolute Gasteiger partial charge is 0.354 e. The van der Waals surface area contributed by atoms with Crippen molar-refractivity contribution < 1.29 is 9.59 Å². The molecule has 1 aromatic rings. The minimum atomic E-state index is -0.514. The molecular weight excluding hydrogens is 218 g/mol. The van der Waals surface area contributed by atoms with Crippen molar-refractivity contribution >= 4 is 17.5 Å².